The van der Waals surface area contributed by atoms with Gasteiger partial charge >= 0.3 is 0 Å². The number of amides is 1. The zero-order valence-corrected chi connectivity index (χ0v) is 16.4. The summed E-state index contributed by atoms with van der Waals surface area (Å²) in [4.78, 5) is 20.8. The maximum atomic E-state index is 12.1. The van der Waals surface area contributed by atoms with E-state index in [2.05, 4.69) is 15.3 Å². The van der Waals surface area contributed by atoms with Crippen molar-refractivity contribution < 1.29 is 13.9 Å². The fourth-order valence-electron chi connectivity index (χ4n) is 2.14. The third kappa shape index (κ3) is 4.64. The van der Waals surface area contributed by atoms with E-state index in [0.717, 1.165) is 28.5 Å². The van der Waals surface area contributed by atoms with Crippen molar-refractivity contribution in [3.8, 4) is 17.0 Å². The summed E-state index contributed by atoms with van der Waals surface area (Å²) in [7, 11) is 0. The lowest BCUT2D eigenvalue weighted by atomic mass is 10.2. The number of rotatable bonds is 7. The van der Waals surface area contributed by atoms with Gasteiger partial charge in [0.15, 0.2) is 5.13 Å². The molecule has 0 aliphatic rings. The van der Waals surface area contributed by atoms with E-state index in [1.54, 1.807) is 0 Å². The molecule has 1 amide bonds. The van der Waals surface area contributed by atoms with Gasteiger partial charge in [-0.3, -0.25) is 4.79 Å². The Labute approximate surface area is 160 Å². The van der Waals surface area contributed by atoms with Crippen LogP contribution in [0.1, 0.15) is 18.4 Å². The molecule has 0 aliphatic heterocycles. The molecule has 0 radical (unpaired) electrons. The molecule has 0 unspecified atom stereocenters. The molecule has 0 saturated carbocycles. The van der Waals surface area contributed by atoms with Crippen molar-refractivity contribution in [2.45, 2.75) is 26.0 Å². The van der Waals surface area contributed by atoms with Crippen molar-refractivity contribution in [2.24, 2.45) is 0 Å². The van der Waals surface area contributed by atoms with E-state index in [1.165, 1.54) is 23.1 Å². The van der Waals surface area contributed by atoms with Gasteiger partial charge in [0.25, 0.3) is 5.22 Å². The van der Waals surface area contributed by atoms with E-state index in [9.17, 15) is 4.79 Å². The third-order valence-electron chi connectivity index (χ3n) is 3.55. The van der Waals surface area contributed by atoms with Crippen LogP contribution in [-0.2, 0) is 4.79 Å². The summed E-state index contributed by atoms with van der Waals surface area (Å²) < 4.78 is 10.9. The van der Waals surface area contributed by atoms with Crippen LogP contribution in [0, 0.1) is 13.8 Å². The molecule has 3 aromatic rings. The van der Waals surface area contributed by atoms with E-state index >= 15 is 0 Å². The van der Waals surface area contributed by atoms with Gasteiger partial charge in [-0.1, -0.05) is 11.8 Å². The number of hydrogen-bond donors (Lipinski definition) is 1. The SMILES string of the molecule is CCOc1ccc(-c2csc(NC(=O)CSc3nc(C)c(C)o3)n2)cc1. The lowest BCUT2D eigenvalue weighted by molar-refractivity contribution is -0.113. The molecule has 2 aromatic heterocycles. The second-order valence-corrected chi connectivity index (χ2v) is 7.24. The van der Waals surface area contributed by atoms with Crippen molar-refractivity contribution in [1.82, 2.24) is 9.97 Å². The fraction of sp³-hybridized carbons (Fsp3) is 0.278. The number of carbonyl (C=O) groups excluding carboxylic acids is 1. The van der Waals surface area contributed by atoms with Crippen LogP contribution in [0.2, 0.25) is 0 Å². The van der Waals surface area contributed by atoms with Crippen LogP contribution in [0.3, 0.4) is 0 Å². The lowest BCUT2D eigenvalue weighted by Crippen LogP contribution is -2.13. The summed E-state index contributed by atoms with van der Waals surface area (Å²) >= 11 is 2.66. The van der Waals surface area contributed by atoms with Crippen molar-refractivity contribution in [3.05, 3.63) is 41.1 Å². The maximum Gasteiger partial charge on any atom is 0.256 e. The number of ether oxygens (including phenoxy) is 1. The highest BCUT2D eigenvalue weighted by molar-refractivity contribution is 7.99. The van der Waals surface area contributed by atoms with Gasteiger partial charge < -0.3 is 14.5 Å². The molecule has 0 aliphatic carbocycles. The van der Waals surface area contributed by atoms with E-state index in [-0.39, 0.29) is 11.7 Å². The number of anilines is 1. The number of thioether (sulfide) groups is 1. The second kappa shape index (κ2) is 8.37. The minimum Gasteiger partial charge on any atom is -0.494 e. The van der Waals surface area contributed by atoms with Crippen LogP contribution in [0.4, 0.5) is 5.13 Å². The smallest absolute Gasteiger partial charge is 0.256 e. The first kappa shape index (κ1) is 18.5. The summed E-state index contributed by atoms with van der Waals surface area (Å²) in [5.74, 6) is 1.68. The first-order valence-corrected chi connectivity index (χ1v) is 9.97. The summed E-state index contributed by atoms with van der Waals surface area (Å²) in [6.45, 7) is 6.31. The molecule has 3 rings (SSSR count). The Hall–Kier alpha value is -2.32. The quantitative estimate of drug-likeness (QED) is 0.598. The molecule has 0 fully saturated rings. The van der Waals surface area contributed by atoms with Gasteiger partial charge in [0.2, 0.25) is 5.91 Å². The van der Waals surface area contributed by atoms with Gasteiger partial charge in [0, 0.05) is 10.9 Å². The molecular formula is C18H19N3O3S2. The van der Waals surface area contributed by atoms with Crippen LogP contribution in [0.15, 0.2) is 39.3 Å². The van der Waals surface area contributed by atoms with Crippen LogP contribution in [0.5, 0.6) is 5.75 Å². The highest BCUT2D eigenvalue weighted by Gasteiger charge is 2.12. The summed E-state index contributed by atoms with van der Waals surface area (Å²) in [6.07, 6.45) is 0. The first-order valence-electron chi connectivity index (χ1n) is 8.10. The van der Waals surface area contributed by atoms with E-state index < -0.39 is 0 Å². The van der Waals surface area contributed by atoms with Crippen LogP contribution < -0.4 is 10.1 Å². The van der Waals surface area contributed by atoms with Crippen LogP contribution >= 0.6 is 23.1 Å². The van der Waals surface area contributed by atoms with E-state index in [4.69, 9.17) is 9.15 Å². The molecule has 8 heteroatoms. The Kier molecular flexibility index (Phi) is 5.95. The Morgan fingerprint density at radius 3 is 2.69 bits per heavy atom. The van der Waals surface area contributed by atoms with E-state index in [0.29, 0.717) is 17.0 Å². The molecule has 1 N–H and O–H groups in total. The Balaban J connectivity index is 1.56. The molecule has 26 heavy (non-hydrogen) atoms. The Morgan fingerprint density at radius 1 is 1.27 bits per heavy atom. The molecule has 136 valence electrons. The first-order chi connectivity index (χ1) is 12.5. The average Bonchev–Trinajstić information content (AvgIpc) is 3.21. The average molecular weight is 390 g/mol. The minimum atomic E-state index is -0.143. The normalized spacial score (nSPS) is 10.7. The summed E-state index contributed by atoms with van der Waals surface area (Å²) in [5, 5.41) is 5.80. The number of thiazole rings is 1. The topological polar surface area (TPSA) is 77.2 Å². The number of nitrogens with zero attached hydrogens (tertiary/aromatic N) is 2. The van der Waals surface area contributed by atoms with Crippen molar-refractivity contribution in [3.63, 3.8) is 0 Å². The van der Waals surface area contributed by atoms with Crippen molar-refractivity contribution in [1.29, 1.82) is 0 Å². The molecule has 0 bridgehead atoms. The maximum absolute atomic E-state index is 12.1. The number of aryl methyl sites for hydroxylation is 2. The zero-order valence-electron chi connectivity index (χ0n) is 14.7. The van der Waals surface area contributed by atoms with Gasteiger partial charge in [-0.15, -0.1) is 11.3 Å². The molecule has 6 nitrogen and oxygen atoms in total. The third-order valence-corrected chi connectivity index (χ3v) is 5.13. The highest BCUT2D eigenvalue weighted by Crippen LogP contribution is 2.27. The molecular weight excluding hydrogens is 370 g/mol. The molecule has 0 saturated heterocycles. The number of oxazole rings is 1. The summed E-state index contributed by atoms with van der Waals surface area (Å²) in [6, 6.07) is 7.73. The molecule has 0 spiro atoms. The lowest BCUT2D eigenvalue weighted by Gasteiger charge is -2.03. The largest absolute Gasteiger partial charge is 0.494 e. The van der Waals surface area contributed by atoms with Crippen LogP contribution in [-0.4, -0.2) is 28.2 Å². The number of nitrogens with one attached hydrogen (secondary N) is 1. The molecule has 1 aromatic carbocycles. The Bertz CT molecular complexity index is 868. The van der Waals surface area contributed by atoms with Crippen molar-refractivity contribution >= 4 is 34.1 Å². The number of aromatic nitrogens is 2. The monoisotopic (exact) mass is 389 g/mol. The van der Waals surface area contributed by atoms with Crippen molar-refractivity contribution in [2.75, 3.05) is 17.7 Å². The van der Waals surface area contributed by atoms with Gasteiger partial charge in [-0.05, 0) is 45.0 Å². The molecule has 0 atom stereocenters. The second-order valence-electron chi connectivity index (χ2n) is 5.45. The number of carbonyl (C=O) groups is 1. The number of hydrogen-bond acceptors (Lipinski definition) is 7. The highest BCUT2D eigenvalue weighted by atomic mass is 32.2. The standard InChI is InChI=1S/C18H19N3O3S2/c1-4-23-14-7-5-13(6-8-14)15-9-25-17(20-15)21-16(22)10-26-18-19-11(2)12(3)24-18/h5-9H,4,10H2,1-3H3,(H,20,21,22). The minimum absolute atomic E-state index is 0.143. The Morgan fingerprint density at radius 2 is 2.04 bits per heavy atom. The van der Waals surface area contributed by atoms with Gasteiger partial charge in [0.05, 0.1) is 23.7 Å². The van der Waals surface area contributed by atoms with Crippen LogP contribution in [0.25, 0.3) is 11.3 Å². The fourth-order valence-corrected chi connectivity index (χ4v) is 3.59. The predicted octanol–water partition coefficient (Wildman–Crippen LogP) is 4.54. The predicted molar refractivity (Wildman–Crippen MR) is 104 cm³/mol. The van der Waals surface area contributed by atoms with E-state index in [1.807, 2.05) is 50.4 Å². The zero-order chi connectivity index (χ0) is 18.5. The molecule has 2 heterocycles. The van der Waals surface area contributed by atoms with Gasteiger partial charge in [0.1, 0.15) is 11.5 Å². The number of benzene rings is 1. The summed E-state index contributed by atoms with van der Waals surface area (Å²) in [5.41, 5.74) is 2.64. The van der Waals surface area contributed by atoms with Gasteiger partial charge in [-0.25, -0.2) is 9.97 Å². The van der Waals surface area contributed by atoms with Gasteiger partial charge in [-0.2, -0.15) is 0 Å².